The molecule has 1 fully saturated rings. The number of sulfonamides is 1. The van der Waals surface area contributed by atoms with E-state index in [1.54, 1.807) is 24.3 Å². The van der Waals surface area contributed by atoms with Gasteiger partial charge in [0.05, 0.1) is 4.90 Å². The van der Waals surface area contributed by atoms with Gasteiger partial charge in [0, 0.05) is 6.54 Å². The summed E-state index contributed by atoms with van der Waals surface area (Å²) in [7, 11) is -1.97. The van der Waals surface area contributed by atoms with Crippen molar-refractivity contribution in [2.75, 3.05) is 20.1 Å². The van der Waals surface area contributed by atoms with Gasteiger partial charge < -0.3 is 10.1 Å². The van der Waals surface area contributed by atoms with E-state index in [9.17, 15) is 8.42 Å². The van der Waals surface area contributed by atoms with Crippen molar-refractivity contribution in [3.05, 3.63) is 24.3 Å². The van der Waals surface area contributed by atoms with Gasteiger partial charge in [-0.05, 0) is 44.3 Å². The van der Waals surface area contributed by atoms with E-state index in [0.29, 0.717) is 5.75 Å². The monoisotopic (exact) mass is 256 g/mol. The molecule has 6 heteroatoms. The molecular formula is C11H16N2O3S. The third-order valence-electron chi connectivity index (χ3n) is 2.72. The molecule has 0 spiro atoms. The van der Waals surface area contributed by atoms with E-state index in [1.807, 2.05) is 0 Å². The third kappa shape index (κ3) is 2.96. The van der Waals surface area contributed by atoms with Gasteiger partial charge in [-0.25, -0.2) is 13.1 Å². The molecule has 0 bridgehead atoms. The zero-order valence-corrected chi connectivity index (χ0v) is 10.5. The largest absolute Gasteiger partial charge is 0.489 e. The highest BCUT2D eigenvalue weighted by Crippen LogP contribution is 2.18. The van der Waals surface area contributed by atoms with Gasteiger partial charge in [-0.3, -0.25) is 0 Å². The van der Waals surface area contributed by atoms with E-state index in [2.05, 4.69) is 10.0 Å². The Kier molecular flexibility index (Phi) is 3.66. The van der Waals surface area contributed by atoms with Crippen LogP contribution < -0.4 is 14.8 Å². The van der Waals surface area contributed by atoms with Crippen LogP contribution in [0.4, 0.5) is 0 Å². The highest BCUT2D eigenvalue weighted by atomic mass is 32.2. The molecule has 2 N–H and O–H groups in total. The first kappa shape index (κ1) is 12.3. The zero-order chi connectivity index (χ0) is 12.3. The van der Waals surface area contributed by atoms with Gasteiger partial charge in [0.2, 0.25) is 10.0 Å². The molecule has 94 valence electrons. The van der Waals surface area contributed by atoms with Crippen molar-refractivity contribution in [2.45, 2.75) is 17.4 Å². The van der Waals surface area contributed by atoms with Crippen LogP contribution in [0.2, 0.25) is 0 Å². The molecule has 0 aromatic heterocycles. The lowest BCUT2D eigenvalue weighted by Crippen LogP contribution is -2.20. The summed E-state index contributed by atoms with van der Waals surface area (Å²) in [6.07, 6.45) is 1.16. The fourth-order valence-corrected chi connectivity index (χ4v) is 2.47. The molecule has 1 aromatic rings. The molecule has 2 rings (SSSR count). The molecular weight excluding hydrogens is 240 g/mol. The third-order valence-corrected chi connectivity index (χ3v) is 4.15. The molecule has 1 aromatic carbocycles. The number of hydrogen-bond donors (Lipinski definition) is 2. The summed E-state index contributed by atoms with van der Waals surface area (Å²) in [5.41, 5.74) is 0. The van der Waals surface area contributed by atoms with Crippen molar-refractivity contribution in [1.29, 1.82) is 0 Å². The van der Waals surface area contributed by atoms with Crippen LogP contribution in [0.5, 0.6) is 5.75 Å². The Hall–Kier alpha value is -1.11. The van der Waals surface area contributed by atoms with Gasteiger partial charge in [0.1, 0.15) is 11.9 Å². The summed E-state index contributed by atoms with van der Waals surface area (Å²) in [6.45, 7) is 1.81. The Morgan fingerprint density at radius 3 is 2.59 bits per heavy atom. The van der Waals surface area contributed by atoms with Crippen LogP contribution in [0, 0.1) is 0 Å². The van der Waals surface area contributed by atoms with Crippen LogP contribution in [0.3, 0.4) is 0 Å². The number of hydrogen-bond acceptors (Lipinski definition) is 4. The quantitative estimate of drug-likeness (QED) is 0.815. The second-order valence-corrected chi connectivity index (χ2v) is 5.80. The average molecular weight is 256 g/mol. The zero-order valence-electron chi connectivity index (χ0n) is 9.64. The minimum Gasteiger partial charge on any atom is -0.489 e. The summed E-state index contributed by atoms with van der Waals surface area (Å²) >= 11 is 0. The molecule has 1 saturated heterocycles. The van der Waals surface area contributed by atoms with Crippen LogP contribution in [0.15, 0.2) is 29.2 Å². The van der Waals surface area contributed by atoms with Crippen LogP contribution >= 0.6 is 0 Å². The topological polar surface area (TPSA) is 67.4 Å². The molecule has 1 heterocycles. The SMILES string of the molecule is CNS(=O)(=O)c1ccc(OC2CCNC2)cc1. The van der Waals surface area contributed by atoms with E-state index >= 15 is 0 Å². The summed E-state index contributed by atoms with van der Waals surface area (Å²) in [6, 6.07) is 6.46. The van der Waals surface area contributed by atoms with Gasteiger partial charge in [-0.1, -0.05) is 0 Å². The second-order valence-electron chi connectivity index (χ2n) is 3.91. The highest BCUT2D eigenvalue weighted by molar-refractivity contribution is 7.89. The van der Waals surface area contributed by atoms with Crippen LogP contribution in [0.1, 0.15) is 6.42 Å². The fourth-order valence-electron chi connectivity index (χ4n) is 1.74. The molecule has 5 nitrogen and oxygen atoms in total. The lowest BCUT2D eigenvalue weighted by atomic mass is 10.3. The molecule has 1 unspecified atom stereocenters. The number of rotatable bonds is 4. The first-order chi connectivity index (χ1) is 8.12. The fraction of sp³-hybridized carbons (Fsp3) is 0.455. The van der Waals surface area contributed by atoms with E-state index in [0.717, 1.165) is 19.5 Å². The van der Waals surface area contributed by atoms with Crippen molar-refractivity contribution in [3.63, 3.8) is 0 Å². The standard InChI is InChI=1S/C11H16N2O3S/c1-12-17(14,15)11-4-2-9(3-5-11)16-10-6-7-13-8-10/h2-5,10,12-13H,6-8H2,1H3. The Morgan fingerprint density at radius 1 is 1.35 bits per heavy atom. The normalized spacial score (nSPS) is 20.4. The number of benzene rings is 1. The van der Waals surface area contributed by atoms with E-state index in [1.165, 1.54) is 7.05 Å². The number of ether oxygens (including phenoxy) is 1. The molecule has 1 atom stereocenters. The van der Waals surface area contributed by atoms with E-state index < -0.39 is 10.0 Å². The first-order valence-electron chi connectivity index (χ1n) is 5.53. The van der Waals surface area contributed by atoms with Crippen LogP contribution in [-0.2, 0) is 10.0 Å². The van der Waals surface area contributed by atoms with Crippen molar-refractivity contribution >= 4 is 10.0 Å². The summed E-state index contributed by atoms with van der Waals surface area (Å²) in [4.78, 5) is 0.247. The Bertz CT molecular complexity index is 464. The number of nitrogens with one attached hydrogen (secondary N) is 2. The van der Waals surface area contributed by atoms with Crippen LogP contribution in [0.25, 0.3) is 0 Å². The molecule has 0 amide bonds. The van der Waals surface area contributed by atoms with Gasteiger partial charge in [-0.2, -0.15) is 0 Å². The highest BCUT2D eigenvalue weighted by Gasteiger charge is 2.16. The van der Waals surface area contributed by atoms with Crippen molar-refractivity contribution in [2.24, 2.45) is 0 Å². The molecule has 0 saturated carbocycles. The predicted molar refractivity (Wildman–Crippen MR) is 64.6 cm³/mol. The summed E-state index contributed by atoms with van der Waals surface area (Å²) in [5.74, 6) is 0.703. The van der Waals surface area contributed by atoms with Crippen LogP contribution in [-0.4, -0.2) is 34.7 Å². The minimum absolute atomic E-state index is 0.182. The van der Waals surface area contributed by atoms with Crippen molar-refractivity contribution in [3.8, 4) is 5.75 Å². The van der Waals surface area contributed by atoms with Gasteiger partial charge in [0.15, 0.2) is 0 Å². The summed E-state index contributed by atoms with van der Waals surface area (Å²) < 4.78 is 31.0. The Labute approximate surface area is 101 Å². The van der Waals surface area contributed by atoms with Gasteiger partial charge >= 0.3 is 0 Å². The lowest BCUT2D eigenvalue weighted by Gasteiger charge is -2.12. The Morgan fingerprint density at radius 2 is 2.06 bits per heavy atom. The summed E-state index contributed by atoms with van der Waals surface area (Å²) in [5, 5.41) is 3.21. The molecule has 0 radical (unpaired) electrons. The van der Waals surface area contributed by atoms with Gasteiger partial charge in [-0.15, -0.1) is 0 Å². The van der Waals surface area contributed by atoms with Crippen molar-refractivity contribution < 1.29 is 13.2 Å². The average Bonchev–Trinajstić information content (AvgIpc) is 2.83. The van der Waals surface area contributed by atoms with E-state index in [-0.39, 0.29) is 11.0 Å². The second kappa shape index (κ2) is 5.03. The maximum atomic E-state index is 11.5. The first-order valence-corrected chi connectivity index (χ1v) is 7.01. The van der Waals surface area contributed by atoms with Crippen molar-refractivity contribution in [1.82, 2.24) is 10.0 Å². The molecule has 1 aliphatic rings. The predicted octanol–water partition coefficient (Wildman–Crippen LogP) is 0.335. The van der Waals surface area contributed by atoms with E-state index in [4.69, 9.17) is 4.74 Å². The molecule has 0 aliphatic carbocycles. The molecule has 1 aliphatic heterocycles. The lowest BCUT2D eigenvalue weighted by molar-refractivity contribution is 0.223. The Balaban J connectivity index is 2.07. The maximum Gasteiger partial charge on any atom is 0.240 e. The maximum absolute atomic E-state index is 11.5. The van der Waals surface area contributed by atoms with Gasteiger partial charge in [0.25, 0.3) is 0 Å². The molecule has 17 heavy (non-hydrogen) atoms. The smallest absolute Gasteiger partial charge is 0.240 e. The minimum atomic E-state index is -3.36.